The molecule has 2 heterocycles. The van der Waals surface area contributed by atoms with Crippen molar-refractivity contribution in [2.75, 3.05) is 13.7 Å². The summed E-state index contributed by atoms with van der Waals surface area (Å²) in [6.45, 7) is 0.496. The minimum Gasteiger partial charge on any atom is -0.497 e. The first kappa shape index (κ1) is 17.5. The zero-order chi connectivity index (χ0) is 18.2. The number of benzene rings is 1. The summed E-state index contributed by atoms with van der Waals surface area (Å²) in [6.07, 6.45) is 0.486. The Morgan fingerprint density at radius 1 is 1.28 bits per heavy atom. The number of aromatic nitrogens is 1. The number of nitrogens with one attached hydrogen (secondary N) is 1. The molecule has 0 radical (unpaired) electrons. The number of amides is 1. The van der Waals surface area contributed by atoms with Gasteiger partial charge in [-0.2, -0.15) is 4.31 Å². The van der Waals surface area contributed by atoms with Crippen LogP contribution in [-0.4, -0.2) is 42.1 Å². The topological polar surface area (TPSA) is 101 Å². The van der Waals surface area contributed by atoms with Crippen LogP contribution in [0, 0.1) is 0 Å². The Labute approximate surface area is 145 Å². The monoisotopic (exact) mass is 365 g/mol. The van der Waals surface area contributed by atoms with Gasteiger partial charge < -0.3 is 9.30 Å². The van der Waals surface area contributed by atoms with Crippen LogP contribution in [0.3, 0.4) is 0 Å². The maximum absolute atomic E-state index is 12.8. The number of carbonyl (C=O) groups is 1. The molecule has 9 heteroatoms. The average molecular weight is 365 g/mol. The van der Waals surface area contributed by atoms with Gasteiger partial charge in [0.1, 0.15) is 11.4 Å². The Bertz CT molecular complexity index is 903. The number of ether oxygens (including phenoxy) is 1. The molecule has 134 valence electrons. The van der Waals surface area contributed by atoms with Gasteiger partial charge in [-0.1, -0.05) is 0 Å². The fourth-order valence-electron chi connectivity index (χ4n) is 3.05. The Balaban J connectivity index is 1.90. The van der Waals surface area contributed by atoms with E-state index in [0.717, 1.165) is 11.3 Å². The number of hydrogen-bond acceptors (Lipinski definition) is 5. The van der Waals surface area contributed by atoms with E-state index in [-0.39, 0.29) is 17.1 Å². The van der Waals surface area contributed by atoms with E-state index in [1.165, 1.54) is 23.5 Å². The number of fused-ring (bicyclic) bond motifs is 1. The zero-order valence-electron chi connectivity index (χ0n) is 13.9. The molecule has 1 aromatic carbocycles. The second-order valence-corrected chi connectivity index (χ2v) is 7.70. The molecule has 0 fully saturated rings. The maximum Gasteiger partial charge on any atom is 0.291 e. The molecule has 0 saturated heterocycles. The third kappa shape index (κ3) is 3.01. The second-order valence-electron chi connectivity index (χ2n) is 5.77. The quantitative estimate of drug-likeness (QED) is 0.619. The van der Waals surface area contributed by atoms with Crippen molar-refractivity contribution in [2.24, 2.45) is 7.05 Å². The summed E-state index contributed by atoms with van der Waals surface area (Å²) in [6, 6.07) is 7.85. The van der Waals surface area contributed by atoms with E-state index >= 15 is 0 Å². The number of sulfonamides is 1. The van der Waals surface area contributed by atoms with Crippen LogP contribution in [-0.2, 0) is 30.0 Å². The van der Waals surface area contributed by atoms with E-state index < -0.39 is 15.9 Å². The van der Waals surface area contributed by atoms with E-state index in [0.29, 0.717) is 18.7 Å². The summed E-state index contributed by atoms with van der Waals surface area (Å²) >= 11 is 0. The normalized spacial score (nSPS) is 14.8. The molecule has 1 aliphatic heterocycles. The molecule has 2 aromatic rings. The lowest BCUT2D eigenvalue weighted by atomic mass is 10.1. The number of carbonyl (C=O) groups excluding carboxylic acids is 1. The molecule has 0 unspecified atom stereocenters. The highest BCUT2D eigenvalue weighted by molar-refractivity contribution is 7.89. The van der Waals surface area contributed by atoms with E-state index in [4.69, 9.17) is 9.94 Å². The van der Waals surface area contributed by atoms with Crippen molar-refractivity contribution in [3.63, 3.8) is 0 Å². The molecule has 0 aliphatic carbocycles. The van der Waals surface area contributed by atoms with Crippen molar-refractivity contribution in [1.82, 2.24) is 14.4 Å². The van der Waals surface area contributed by atoms with Crippen LogP contribution < -0.4 is 10.2 Å². The van der Waals surface area contributed by atoms with Crippen molar-refractivity contribution in [3.8, 4) is 5.75 Å². The second kappa shape index (κ2) is 6.51. The first-order chi connectivity index (χ1) is 11.9. The fourth-order valence-corrected chi connectivity index (χ4v) is 4.47. The van der Waals surface area contributed by atoms with E-state index in [1.54, 1.807) is 35.3 Å². The summed E-state index contributed by atoms with van der Waals surface area (Å²) in [7, 11) is -0.402. The Kier molecular flexibility index (Phi) is 4.55. The first-order valence-electron chi connectivity index (χ1n) is 7.64. The summed E-state index contributed by atoms with van der Waals surface area (Å²) in [4.78, 5) is 11.9. The molecule has 0 saturated carbocycles. The standard InChI is InChI=1S/C16H19N3O5S/c1-18-14-7-8-19(10-11(14)9-15(18)16(20)17-21)25(22,23)13-5-3-12(24-2)4-6-13/h3-6,9,21H,7-8,10H2,1-2H3,(H,17,20). The molecule has 0 spiro atoms. The lowest BCUT2D eigenvalue weighted by molar-refractivity contribution is 0.0697. The van der Waals surface area contributed by atoms with Crippen molar-refractivity contribution in [3.05, 3.63) is 47.3 Å². The highest BCUT2D eigenvalue weighted by Crippen LogP contribution is 2.27. The summed E-state index contributed by atoms with van der Waals surface area (Å²) in [5.41, 5.74) is 3.54. The van der Waals surface area contributed by atoms with Gasteiger partial charge in [0.2, 0.25) is 10.0 Å². The van der Waals surface area contributed by atoms with Crippen molar-refractivity contribution >= 4 is 15.9 Å². The molecule has 25 heavy (non-hydrogen) atoms. The molecular weight excluding hydrogens is 346 g/mol. The Morgan fingerprint density at radius 3 is 2.56 bits per heavy atom. The van der Waals surface area contributed by atoms with Gasteiger partial charge >= 0.3 is 0 Å². The molecule has 2 N–H and O–H groups in total. The molecule has 3 rings (SSSR count). The third-order valence-corrected chi connectivity index (χ3v) is 6.28. The van der Waals surface area contributed by atoms with Gasteiger partial charge in [0, 0.05) is 32.3 Å². The maximum atomic E-state index is 12.8. The van der Waals surface area contributed by atoms with E-state index in [2.05, 4.69) is 0 Å². The number of rotatable bonds is 4. The van der Waals surface area contributed by atoms with Gasteiger partial charge in [0.15, 0.2) is 0 Å². The molecule has 1 aliphatic rings. The summed E-state index contributed by atoms with van der Waals surface area (Å²) < 4.78 is 33.8. The number of hydroxylamine groups is 1. The third-order valence-electron chi connectivity index (χ3n) is 4.42. The van der Waals surface area contributed by atoms with Crippen LogP contribution in [0.1, 0.15) is 21.7 Å². The molecule has 0 bridgehead atoms. The Hall–Kier alpha value is -2.36. The molecule has 1 aromatic heterocycles. The van der Waals surface area contributed by atoms with Crippen LogP contribution in [0.4, 0.5) is 0 Å². The van der Waals surface area contributed by atoms with Crippen molar-refractivity contribution in [1.29, 1.82) is 0 Å². The largest absolute Gasteiger partial charge is 0.497 e. The smallest absolute Gasteiger partial charge is 0.291 e. The number of methoxy groups -OCH3 is 1. The zero-order valence-corrected chi connectivity index (χ0v) is 14.7. The lowest BCUT2D eigenvalue weighted by Gasteiger charge is -2.27. The van der Waals surface area contributed by atoms with E-state index in [9.17, 15) is 13.2 Å². The van der Waals surface area contributed by atoms with Crippen LogP contribution in [0.2, 0.25) is 0 Å². The van der Waals surface area contributed by atoms with Gasteiger partial charge in [-0.05, 0) is 35.9 Å². The summed E-state index contributed by atoms with van der Waals surface area (Å²) in [5.74, 6) is -0.0379. The van der Waals surface area contributed by atoms with Crippen LogP contribution in [0.25, 0.3) is 0 Å². The molecule has 8 nitrogen and oxygen atoms in total. The highest BCUT2D eigenvalue weighted by Gasteiger charge is 2.31. The number of nitrogens with zero attached hydrogens (tertiary/aromatic N) is 2. The predicted molar refractivity (Wildman–Crippen MR) is 89.0 cm³/mol. The van der Waals surface area contributed by atoms with E-state index in [1.807, 2.05) is 0 Å². The SMILES string of the molecule is COc1ccc(S(=O)(=O)N2CCc3c(cc(C(=O)NO)n3C)C2)cc1. The van der Waals surface area contributed by atoms with Crippen molar-refractivity contribution < 1.29 is 23.2 Å². The molecule has 1 amide bonds. The fraction of sp³-hybridized carbons (Fsp3) is 0.312. The van der Waals surface area contributed by atoms with Gasteiger partial charge in [-0.15, -0.1) is 0 Å². The van der Waals surface area contributed by atoms with Crippen LogP contribution >= 0.6 is 0 Å². The highest BCUT2D eigenvalue weighted by atomic mass is 32.2. The van der Waals surface area contributed by atoms with Crippen LogP contribution in [0.5, 0.6) is 5.75 Å². The lowest BCUT2D eigenvalue weighted by Crippen LogP contribution is -2.36. The van der Waals surface area contributed by atoms with Crippen LogP contribution in [0.15, 0.2) is 35.2 Å². The summed E-state index contributed by atoms with van der Waals surface area (Å²) in [5, 5.41) is 8.82. The molecular formula is C16H19N3O5S. The Morgan fingerprint density at radius 2 is 1.96 bits per heavy atom. The predicted octanol–water partition coefficient (Wildman–Crippen LogP) is 0.900. The van der Waals surface area contributed by atoms with Crippen molar-refractivity contribution in [2.45, 2.75) is 17.9 Å². The average Bonchev–Trinajstić information content (AvgIpc) is 2.97. The minimum absolute atomic E-state index is 0.177. The first-order valence-corrected chi connectivity index (χ1v) is 9.08. The van der Waals surface area contributed by atoms with Gasteiger partial charge in [-0.25, -0.2) is 13.9 Å². The van der Waals surface area contributed by atoms with Gasteiger partial charge in [-0.3, -0.25) is 10.0 Å². The minimum atomic E-state index is -3.64. The van der Waals surface area contributed by atoms with Gasteiger partial charge in [0.05, 0.1) is 12.0 Å². The van der Waals surface area contributed by atoms with Gasteiger partial charge in [0.25, 0.3) is 5.91 Å². The molecule has 0 atom stereocenters. The number of hydrogen-bond donors (Lipinski definition) is 2.